The highest BCUT2D eigenvalue weighted by Gasteiger charge is 2.22. The molecular weight excluding hydrogens is 196 g/mol. The molecule has 0 bridgehead atoms. The van der Waals surface area contributed by atoms with Crippen molar-refractivity contribution in [3.63, 3.8) is 0 Å². The molecule has 1 unspecified atom stereocenters. The van der Waals surface area contributed by atoms with Gasteiger partial charge in [-0.1, -0.05) is 0 Å². The second-order valence-corrected chi connectivity index (χ2v) is 5.24. The molecule has 4 heteroatoms. The number of nitriles is 1. The van der Waals surface area contributed by atoms with E-state index in [1.54, 1.807) is 0 Å². The third-order valence-corrected chi connectivity index (χ3v) is 3.85. The quantitative estimate of drug-likeness (QED) is 0.679. The van der Waals surface area contributed by atoms with E-state index in [0.29, 0.717) is 5.25 Å². The summed E-state index contributed by atoms with van der Waals surface area (Å²) in [6.45, 7) is 3.77. The van der Waals surface area contributed by atoms with Gasteiger partial charge >= 0.3 is 0 Å². The van der Waals surface area contributed by atoms with Crippen molar-refractivity contribution in [2.75, 3.05) is 26.0 Å². The molecule has 1 N–H and O–H groups in total. The number of thioether (sulfide) groups is 1. The summed E-state index contributed by atoms with van der Waals surface area (Å²) in [5.74, 6) is 1.13. The van der Waals surface area contributed by atoms with Crippen LogP contribution in [0, 0.1) is 11.3 Å². The van der Waals surface area contributed by atoms with Crippen LogP contribution in [0.2, 0.25) is 0 Å². The largest absolute Gasteiger partial charge is 0.379 e. The summed E-state index contributed by atoms with van der Waals surface area (Å²) in [7, 11) is 1.84. The highest BCUT2D eigenvalue weighted by atomic mass is 32.2. The van der Waals surface area contributed by atoms with Crippen LogP contribution < -0.4 is 5.32 Å². The SMILES string of the molecule is CNC(C)(C#N)CCCSC1COC1. The smallest absolute Gasteiger partial charge is 0.103 e. The molecule has 1 fully saturated rings. The van der Waals surface area contributed by atoms with Crippen LogP contribution in [0.5, 0.6) is 0 Å². The van der Waals surface area contributed by atoms with Crippen molar-refractivity contribution in [1.29, 1.82) is 5.26 Å². The summed E-state index contributed by atoms with van der Waals surface area (Å²) in [6.07, 6.45) is 2.01. The number of nitrogens with zero attached hydrogens (tertiary/aromatic N) is 1. The van der Waals surface area contributed by atoms with Crippen LogP contribution >= 0.6 is 11.8 Å². The van der Waals surface area contributed by atoms with Crippen molar-refractivity contribution in [2.24, 2.45) is 0 Å². The fourth-order valence-electron chi connectivity index (χ4n) is 1.22. The molecule has 14 heavy (non-hydrogen) atoms. The molecule has 3 nitrogen and oxygen atoms in total. The topological polar surface area (TPSA) is 45.0 Å². The molecule has 80 valence electrons. The molecule has 0 amide bonds. The zero-order chi connectivity index (χ0) is 10.4. The first kappa shape index (κ1) is 11.8. The number of hydrogen-bond acceptors (Lipinski definition) is 4. The molecule has 1 atom stereocenters. The van der Waals surface area contributed by atoms with Crippen LogP contribution in [0.15, 0.2) is 0 Å². The minimum atomic E-state index is -0.351. The maximum atomic E-state index is 8.91. The predicted molar refractivity (Wildman–Crippen MR) is 59.4 cm³/mol. The standard InChI is InChI=1S/C10H18N2OS/c1-10(8-11,12-2)4-3-5-14-9-6-13-7-9/h9,12H,3-7H2,1-2H3. The van der Waals surface area contributed by atoms with Gasteiger partial charge in [-0.3, -0.25) is 0 Å². The van der Waals surface area contributed by atoms with E-state index in [9.17, 15) is 0 Å². The lowest BCUT2D eigenvalue weighted by Gasteiger charge is -2.26. The Labute approximate surface area is 90.2 Å². The van der Waals surface area contributed by atoms with Crippen LogP contribution in [0.4, 0.5) is 0 Å². The van der Waals surface area contributed by atoms with Gasteiger partial charge in [-0.25, -0.2) is 0 Å². The second-order valence-electron chi connectivity index (χ2n) is 3.83. The zero-order valence-corrected chi connectivity index (χ0v) is 9.69. The van der Waals surface area contributed by atoms with Gasteiger partial charge < -0.3 is 10.1 Å². The molecule has 0 saturated carbocycles. The first-order valence-electron chi connectivity index (χ1n) is 5.00. The summed E-state index contributed by atoms with van der Waals surface area (Å²) in [5, 5.41) is 12.7. The first-order valence-corrected chi connectivity index (χ1v) is 6.04. The summed E-state index contributed by atoms with van der Waals surface area (Å²) >= 11 is 1.96. The van der Waals surface area contributed by atoms with Gasteiger partial charge in [0.15, 0.2) is 0 Å². The van der Waals surface area contributed by atoms with Crippen LogP contribution in [0.1, 0.15) is 19.8 Å². The Bertz CT molecular complexity index is 213. The first-order chi connectivity index (χ1) is 6.70. The van der Waals surface area contributed by atoms with E-state index in [-0.39, 0.29) is 5.54 Å². The average molecular weight is 214 g/mol. The van der Waals surface area contributed by atoms with Crippen molar-refractivity contribution in [2.45, 2.75) is 30.6 Å². The number of rotatable bonds is 6. The maximum Gasteiger partial charge on any atom is 0.103 e. The van der Waals surface area contributed by atoms with Crippen molar-refractivity contribution < 1.29 is 4.74 Å². The Morgan fingerprint density at radius 3 is 2.79 bits per heavy atom. The van der Waals surface area contributed by atoms with E-state index in [4.69, 9.17) is 10.00 Å². The molecular formula is C10H18N2OS. The van der Waals surface area contributed by atoms with Crippen LogP contribution in [-0.4, -0.2) is 36.8 Å². The van der Waals surface area contributed by atoms with E-state index in [0.717, 1.165) is 31.8 Å². The van der Waals surface area contributed by atoms with Gasteiger partial charge in [0, 0.05) is 0 Å². The van der Waals surface area contributed by atoms with Crippen molar-refractivity contribution >= 4 is 11.8 Å². The Morgan fingerprint density at radius 1 is 1.64 bits per heavy atom. The predicted octanol–water partition coefficient (Wildman–Crippen LogP) is 1.40. The molecule has 0 aromatic heterocycles. The Kier molecular flexibility index (Phi) is 4.73. The molecule has 0 aromatic rings. The third kappa shape index (κ3) is 3.49. The lowest BCUT2D eigenvalue weighted by molar-refractivity contribution is 0.0455. The minimum Gasteiger partial charge on any atom is -0.379 e. The molecule has 0 aromatic carbocycles. The van der Waals surface area contributed by atoms with Gasteiger partial charge in [-0.15, -0.1) is 0 Å². The van der Waals surface area contributed by atoms with E-state index < -0.39 is 0 Å². The van der Waals surface area contributed by atoms with Crippen molar-refractivity contribution in [3.8, 4) is 6.07 Å². The molecule has 0 spiro atoms. The van der Waals surface area contributed by atoms with E-state index >= 15 is 0 Å². The molecule has 0 aliphatic carbocycles. The summed E-state index contributed by atoms with van der Waals surface area (Å²) in [5.41, 5.74) is -0.351. The Balaban J connectivity index is 2.04. The van der Waals surface area contributed by atoms with Gasteiger partial charge in [0.05, 0.1) is 24.5 Å². The lowest BCUT2D eigenvalue weighted by Crippen LogP contribution is -2.38. The fraction of sp³-hybridized carbons (Fsp3) is 0.900. The minimum absolute atomic E-state index is 0.351. The highest BCUT2D eigenvalue weighted by Crippen LogP contribution is 2.21. The number of hydrogen-bond donors (Lipinski definition) is 1. The van der Waals surface area contributed by atoms with Gasteiger partial charge in [-0.05, 0) is 32.6 Å². The normalized spacial score (nSPS) is 20.9. The number of ether oxygens (including phenoxy) is 1. The van der Waals surface area contributed by atoms with Crippen LogP contribution in [0.3, 0.4) is 0 Å². The average Bonchev–Trinajstić information content (AvgIpc) is 2.14. The lowest BCUT2D eigenvalue weighted by atomic mass is 9.99. The van der Waals surface area contributed by atoms with Crippen molar-refractivity contribution in [3.05, 3.63) is 0 Å². The Hall–Kier alpha value is -0.240. The fourth-order valence-corrected chi connectivity index (χ4v) is 2.25. The summed E-state index contributed by atoms with van der Waals surface area (Å²) < 4.78 is 5.09. The van der Waals surface area contributed by atoms with Crippen molar-refractivity contribution in [1.82, 2.24) is 5.32 Å². The van der Waals surface area contributed by atoms with Gasteiger partial charge in [0.2, 0.25) is 0 Å². The zero-order valence-electron chi connectivity index (χ0n) is 8.88. The highest BCUT2D eigenvalue weighted by molar-refractivity contribution is 8.00. The summed E-state index contributed by atoms with van der Waals surface area (Å²) in [6, 6.07) is 2.30. The molecule has 1 saturated heterocycles. The number of nitrogens with one attached hydrogen (secondary N) is 1. The van der Waals surface area contributed by atoms with Gasteiger partial charge in [0.1, 0.15) is 5.54 Å². The monoisotopic (exact) mass is 214 g/mol. The molecule has 1 heterocycles. The van der Waals surface area contributed by atoms with Gasteiger partial charge in [0.25, 0.3) is 0 Å². The second kappa shape index (κ2) is 5.59. The maximum absolute atomic E-state index is 8.91. The molecule has 1 rings (SSSR count). The van der Waals surface area contributed by atoms with Gasteiger partial charge in [-0.2, -0.15) is 17.0 Å². The van der Waals surface area contributed by atoms with Crippen LogP contribution in [-0.2, 0) is 4.74 Å². The van der Waals surface area contributed by atoms with E-state index in [2.05, 4.69) is 11.4 Å². The molecule has 1 aliphatic heterocycles. The van der Waals surface area contributed by atoms with E-state index in [1.165, 1.54) is 0 Å². The van der Waals surface area contributed by atoms with E-state index in [1.807, 2.05) is 25.7 Å². The Morgan fingerprint density at radius 2 is 2.36 bits per heavy atom. The molecule has 1 aliphatic rings. The van der Waals surface area contributed by atoms with Crippen LogP contribution in [0.25, 0.3) is 0 Å². The molecule has 0 radical (unpaired) electrons. The third-order valence-electron chi connectivity index (χ3n) is 2.58. The summed E-state index contributed by atoms with van der Waals surface area (Å²) in [4.78, 5) is 0.